The maximum atomic E-state index is 11.4. The summed E-state index contributed by atoms with van der Waals surface area (Å²) in [6.45, 7) is -0.499. The van der Waals surface area contributed by atoms with Gasteiger partial charge in [-0.3, -0.25) is 9.18 Å². The minimum absolute atomic E-state index is 0.214. The summed E-state index contributed by atoms with van der Waals surface area (Å²) in [5, 5.41) is 8.16. The standard InChI is InChI=1S/C5H10FNO2/c6-3-1-2-4(7)5(8)9/h4H,1-3,7H2,(H,8,9)/t4-/m0/s1. The van der Waals surface area contributed by atoms with Crippen LogP contribution in [0, 0.1) is 0 Å². The molecule has 0 aromatic rings. The van der Waals surface area contributed by atoms with Crippen LogP contribution in [0.3, 0.4) is 0 Å². The lowest BCUT2D eigenvalue weighted by Crippen LogP contribution is -2.29. The molecule has 54 valence electrons. The molecule has 0 heterocycles. The molecule has 3 N–H and O–H groups in total. The monoisotopic (exact) mass is 135 g/mol. The second-order valence-corrected chi connectivity index (χ2v) is 1.78. The number of aliphatic carboxylic acids is 1. The molecule has 0 aromatic carbocycles. The Bertz CT molecular complexity index is 97.0. The third kappa shape index (κ3) is 3.90. The van der Waals surface area contributed by atoms with Crippen molar-refractivity contribution in [3.8, 4) is 0 Å². The van der Waals surface area contributed by atoms with E-state index in [-0.39, 0.29) is 12.8 Å². The number of nitrogens with two attached hydrogens (primary N) is 1. The molecule has 9 heavy (non-hydrogen) atoms. The van der Waals surface area contributed by atoms with Crippen LogP contribution in [0.15, 0.2) is 0 Å². The third-order valence-corrected chi connectivity index (χ3v) is 0.966. The van der Waals surface area contributed by atoms with Crippen molar-refractivity contribution in [3.63, 3.8) is 0 Å². The first-order valence-corrected chi connectivity index (χ1v) is 2.73. The van der Waals surface area contributed by atoms with Crippen LogP contribution in [0.4, 0.5) is 4.39 Å². The van der Waals surface area contributed by atoms with Crippen LogP contribution in [0.2, 0.25) is 0 Å². The van der Waals surface area contributed by atoms with Gasteiger partial charge < -0.3 is 10.8 Å². The summed E-state index contributed by atoms with van der Waals surface area (Å²) >= 11 is 0. The van der Waals surface area contributed by atoms with E-state index < -0.39 is 18.7 Å². The fourth-order valence-corrected chi connectivity index (χ4v) is 0.421. The lowest BCUT2D eigenvalue weighted by molar-refractivity contribution is -0.138. The lowest BCUT2D eigenvalue weighted by Gasteiger charge is -2.01. The minimum Gasteiger partial charge on any atom is -0.480 e. The molecule has 0 aliphatic heterocycles. The molecule has 0 fully saturated rings. The van der Waals surface area contributed by atoms with Crippen LogP contribution >= 0.6 is 0 Å². The highest BCUT2D eigenvalue weighted by atomic mass is 19.1. The van der Waals surface area contributed by atoms with E-state index in [4.69, 9.17) is 10.8 Å². The van der Waals surface area contributed by atoms with Crippen molar-refractivity contribution in [2.75, 3.05) is 6.67 Å². The quantitative estimate of drug-likeness (QED) is 0.576. The molecule has 4 heteroatoms. The van der Waals surface area contributed by atoms with Crippen LogP contribution in [-0.4, -0.2) is 23.8 Å². The van der Waals surface area contributed by atoms with E-state index in [0.717, 1.165) is 0 Å². The molecule has 0 aliphatic rings. The zero-order valence-corrected chi connectivity index (χ0v) is 5.01. The van der Waals surface area contributed by atoms with E-state index in [0.29, 0.717) is 0 Å². The molecule has 0 radical (unpaired) electrons. The fourth-order valence-electron chi connectivity index (χ4n) is 0.421. The van der Waals surface area contributed by atoms with Crippen molar-refractivity contribution in [2.45, 2.75) is 18.9 Å². The van der Waals surface area contributed by atoms with Crippen LogP contribution in [-0.2, 0) is 4.79 Å². The molecule has 0 spiro atoms. The number of carbonyl (C=O) groups is 1. The smallest absolute Gasteiger partial charge is 0.320 e. The van der Waals surface area contributed by atoms with E-state index >= 15 is 0 Å². The summed E-state index contributed by atoms with van der Waals surface area (Å²) in [6.07, 6.45) is 0.444. The maximum Gasteiger partial charge on any atom is 0.320 e. The molecular weight excluding hydrogens is 125 g/mol. The molecule has 1 atom stereocenters. The zero-order valence-electron chi connectivity index (χ0n) is 5.01. The molecular formula is C5H10FNO2. The first-order chi connectivity index (χ1) is 4.18. The minimum atomic E-state index is -1.07. The van der Waals surface area contributed by atoms with Crippen LogP contribution in [0.1, 0.15) is 12.8 Å². The normalized spacial score (nSPS) is 13.1. The van der Waals surface area contributed by atoms with E-state index in [1.807, 2.05) is 0 Å². The number of carboxylic acid groups (broad SMARTS) is 1. The second-order valence-electron chi connectivity index (χ2n) is 1.78. The SMILES string of the molecule is N[C@@H](CCCF)C(=O)O. The van der Waals surface area contributed by atoms with Gasteiger partial charge in [0.25, 0.3) is 0 Å². The predicted octanol–water partition coefficient (Wildman–Crippen LogP) is 0.148. The number of halogens is 1. The Labute approximate surface area is 52.7 Å². The van der Waals surface area contributed by atoms with Gasteiger partial charge in [-0.1, -0.05) is 0 Å². The van der Waals surface area contributed by atoms with Gasteiger partial charge in [-0.25, -0.2) is 0 Å². The maximum absolute atomic E-state index is 11.4. The second kappa shape index (κ2) is 4.26. The Morgan fingerprint density at radius 1 is 1.78 bits per heavy atom. The predicted molar refractivity (Wildman–Crippen MR) is 30.8 cm³/mol. The highest BCUT2D eigenvalue weighted by Gasteiger charge is 2.09. The lowest BCUT2D eigenvalue weighted by atomic mass is 10.2. The number of hydrogen-bond acceptors (Lipinski definition) is 2. The molecule has 0 amide bonds. The van der Waals surface area contributed by atoms with Crippen molar-refractivity contribution in [3.05, 3.63) is 0 Å². The van der Waals surface area contributed by atoms with Crippen molar-refractivity contribution < 1.29 is 14.3 Å². The van der Waals surface area contributed by atoms with Gasteiger partial charge >= 0.3 is 5.97 Å². The molecule has 0 unspecified atom stereocenters. The molecule has 0 bridgehead atoms. The van der Waals surface area contributed by atoms with Crippen molar-refractivity contribution in [2.24, 2.45) is 5.73 Å². The zero-order chi connectivity index (χ0) is 7.28. The topological polar surface area (TPSA) is 63.3 Å². The fraction of sp³-hybridized carbons (Fsp3) is 0.800. The largest absolute Gasteiger partial charge is 0.480 e. The van der Waals surface area contributed by atoms with Gasteiger partial charge in [-0.15, -0.1) is 0 Å². The van der Waals surface area contributed by atoms with Gasteiger partial charge in [0.05, 0.1) is 6.67 Å². The highest BCUT2D eigenvalue weighted by molar-refractivity contribution is 5.72. The molecule has 0 rings (SSSR count). The van der Waals surface area contributed by atoms with Gasteiger partial charge in [0, 0.05) is 0 Å². The Kier molecular flexibility index (Phi) is 3.96. The molecule has 0 saturated heterocycles. The summed E-state index contributed by atoms with van der Waals surface area (Å²) < 4.78 is 11.4. The van der Waals surface area contributed by atoms with Gasteiger partial charge in [0.1, 0.15) is 6.04 Å². The number of hydrogen-bond donors (Lipinski definition) is 2. The van der Waals surface area contributed by atoms with Crippen molar-refractivity contribution >= 4 is 5.97 Å². The van der Waals surface area contributed by atoms with Gasteiger partial charge in [0.2, 0.25) is 0 Å². The number of rotatable bonds is 4. The number of carboxylic acids is 1. The first-order valence-electron chi connectivity index (χ1n) is 2.73. The van der Waals surface area contributed by atoms with Crippen molar-refractivity contribution in [1.29, 1.82) is 0 Å². The van der Waals surface area contributed by atoms with Gasteiger partial charge in [0.15, 0.2) is 0 Å². The van der Waals surface area contributed by atoms with Crippen molar-refractivity contribution in [1.82, 2.24) is 0 Å². The average molecular weight is 135 g/mol. The summed E-state index contributed by atoms with van der Waals surface area (Å²) in [7, 11) is 0. The Morgan fingerprint density at radius 2 is 2.33 bits per heavy atom. The molecule has 0 saturated carbocycles. The van der Waals surface area contributed by atoms with E-state index in [1.165, 1.54) is 0 Å². The van der Waals surface area contributed by atoms with E-state index in [9.17, 15) is 9.18 Å². The molecule has 3 nitrogen and oxygen atoms in total. The van der Waals surface area contributed by atoms with Crippen LogP contribution in [0.25, 0.3) is 0 Å². The highest BCUT2D eigenvalue weighted by Crippen LogP contribution is 1.93. The summed E-state index contributed by atoms with van der Waals surface area (Å²) in [6, 6.07) is -0.902. The van der Waals surface area contributed by atoms with Crippen LogP contribution in [0.5, 0.6) is 0 Å². The number of alkyl halides is 1. The van der Waals surface area contributed by atoms with Gasteiger partial charge in [-0.05, 0) is 12.8 Å². The Morgan fingerprint density at radius 3 is 2.67 bits per heavy atom. The Balaban J connectivity index is 3.27. The van der Waals surface area contributed by atoms with Crippen LogP contribution < -0.4 is 5.73 Å². The summed E-state index contributed by atoms with van der Waals surface area (Å²) in [5.74, 6) is -1.07. The molecule has 0 aliphatic carbocycles. The van der Waals surface area contributed by atoms with Gasteiger partial charge in [-0.2, -0.15) is 0 Å². The summed E-state index contributed by atoms with van der Waals surface area (Å²) in [4.78, 5) is 9.96. The van der Waals surface area contributed by atoms with E-state index in [1.54, 1.807) is 0 Å². The average Bonchev–Trinajstić information content (AvgIpc) is 1.82. The van der Waals surface area contributed by atoms with E-state index in [2.05, 4.69) is 0 Å². The molecule has 0 aromatic heterocycles. The Hall–Kier alpha value is -0.640. The summed E-state index contributed by atoms with van der Waals surface area (Å²) in [5.41, 5.74) is 5.04. The first kappa shape index (κ1) is 8.36. The third-order valence-electron chi connectivity index (χ3n) is 0.966.